The Labute approximate surface area is 194 Å². The Balaban J connectivity index is 1.79. The number of hydrogen-bond acceptors (Lipinski definition) is 1. The van der Waals surface area contributed by atoms with Gasteiger partial charge >= 0.3 is 0 Å². The van der Waals surface area contributed by atoms with E-state index >= 15 is 0 Å². The van der Waals surface area contributed by atoms with Crippen molar-refractivity contribution in [2.45, 2.75) is 6.54 Å². The van der Waals surface area contributed by atoms with E-state index in [0.717, 1.165) is 22.0 Å². The number of hydrogen-bond donors (Lipinski definition) is 0. The Morgan fingerprint density at radius 3 is 2.27 bits per heavy atom. The van der Waals surface area contributed by atoms with E-state index in [2.05, 4.69) is 16.7 Å². The highest BCUT2D eigenvalue weighted by atomic mass is 35.5. The van der Waals surface area contributed by atoms with Gasteiger partial charge in [0.05, 0.1) is 31.7 Å². The molecule has 148 valence electrons. The summed E-state index contributed by atoms with van der Waals surface area (Å²) in [6.45, 7) is 0.625. The van der Waals surface area contributed by atoms with E-state index in [1.807, 2.05) is 42.6 Å². The van der Waals surface area contributed by atoms with Crippen molar-refractivity contribution in [3.8, 4) is 6.07 Å². The zero-order chi connectivity index (χ0) is 21.3. The average Bonchev–Trinajstić information content (AvgIpc) is 3.08. The summed E-state index contributed by atoms with van der Waals surface area (Å²) < 4.78 is 2.13. The Bertz CT molecular complexity index is 1330. The molecule has 4 aromatic rings. The van der Waals surface area contributed by atoms with Gasteiger partial charge in [-0.25, -0.2) is 0 Å². The predicted molar refractivity (Wildman–Crippen MR) is 127 cm³/mol. The van der Waals surface area contributed by atoms with Crippen molar-refractivity contribution in [1.82, 2.24) is 4.57 Å². The minimum atomic E-state index is 0.414. The van der Waals surface area contributed by atoms with Crippen LogP contribution in [0.1, 0.15) is 16.7 Å². The molecular weight excluding hydrogens is 458 g/mol. The number of allylic oxidation sites excluding steroid dienone is 1. The van der Waals surface area contributed by atoms with E-state index in [1.54, 1.807) is 24.3 Å². The van der Waals surface area contributed by atoms with Crippen LogP contribution in [0.2, 0.25) is 20.1 Å². The molecule has 0 unspecified atom stereocenters. The highest BCUT2D eigenvalue weighted by Gasteiger charge is 2.11. The molecule has 0 spiro atoms. The second-order valence-electron chi connectivity index (χ2n) is 6.78. The topological polar surface area (TPSA) is 28.7 Å². The maximum atomic E-state index is 9.74. The van der Waals surface area contributed by atoms with Crippen LogP contribution in [0.5, 0.6) is 0 Å². The third-order valence-corrected chi connectivity index (χ3v) is 6.29. The van der Waals surface area contributed by atoms with Crippen LogP contribution in [0, 0.1) is 11.3 Å². The quantitative estimate of drug-likeness (QED) is 0.275. The summed E-state index contributed by atoms with van der Waals surface area (Å²) in [4.78, 5) is 0. The first-order valence-electron chi connectivity index (χ1n) is 9.05. The van der Waals surface area contributed by atoms with E-state index in [-0.39, 0.29) is 0 Å². The molecule has 0 fully saturated rings. The molecular formula is C24H14Cl4N2. The molecule has 3 aromatic carbocycles. The summed E-state index contributed by atoms with van der Waals surface area (Å²) in [7, 11) is 0. The molecule has 0 saturated carbocycles. The molecule has 0 N–H and O–H groups in total. The van der Waals surface area contributed by atoms with Crippen LogP contribution < -0.4 is 0 Å². The SMILES string of the molecule is N#C/C(=C\c1cn(Cc2ccc(Cl)c(Cl)c2)c2ccccc12)c1ccc(Cl)c(Cl)c1. The lowest BCUT2D eigenvalue weighted by atomic mass is 10.0. The van der Waals surface area contributed by atoms with Crippen molar-refractivity contribution in [2.75, 3.05) is 0 Å². The summed E-state index contributed by atoms with van der Waals surface area (Å²) >= 11 is 24.4. The normalized spacial score (nSPS) is 11.6. The van der Waals surface area contributed by atoms with Crippen LogP contribution in [0.15, 0.2) is 66.9 Å². The molecule has 0 aliphatic rings. The number of benzene rings is 3. The zero-order valence-electron chi connectivity index (χ0n) is 15.5. The minimum Gasteiger partial charge on any atom is -0.342 e. The Kier molecular flexibility index (Phi) is 6.09. The van der Waals surface area contributed by atoms with Gasteiger partial charge in [-0.2, -0.15) is 5.26 Å². The van der Waals surface area contributed by atoms with E-state index in [9.17, 15) is 5.26 Å². The van der Waals surface area contributed by atoms with Crippen LogP contribution in [0.4, 0.5) is 0 Å². The van der Waals surface area contributed by atoms with E-state index < -0.39 is 0 Å². The number of nitrogens with zero attached hydrogens (tertiary/aromatic N) is 2. The summed E-state index contributed by atoms with van der Waals surface area (Å²) in [5, 5.41) is 12.7. The highest BCUT2D eigenvalue weighted by molar-refractivity contribution is 6.42. The number of nitriles is 1. The van der Waals surface area contributed by atoms with Crippen LogP contribution in [0.25, 0.3) is 22.6 Å². The molecule has 4 rings (SSSR count). The molecule has 6 heteroatoms. The Hall–Kier alpha value is -2.41. The largest absolute Gasteiger partial charge is 0.342 e. The standard InChI is InChI=1S/C24H14Cl4N2/c25-20-7-5-15(9-22(20)27)13-30-14-18(19-3-1-2-4-24(19)30)10-17(12-29)16-6-8-21(26)23(28)11-16/h1-11,14H,13H2/b17-10+. The van der Waals surface area contributed by atoms with Gasteiger partial charge < -0.3 is 4.57 Å². The van der Waals surface area contributed by atoms with Crippen LogP contribution in [-0.4, -0.2) is 4.57 Å². The molecule has 0 aliphatic heterocycles. The van der Waals surface area contributed by atoms with E-state index in [0.29, 0.717) is 37.8 Å². The second-order valence-corrected chi connectivity index (χ2v) is 8.41. The number of para-hydroxylation sites is 1. The third-order valence-electron chi connectivity index (χ3n) is 4.81. The zero-order valence-corrected chi connectivity index (χ0v) is 18.6. The van der Waals surface area contributed by atoms with Crippen molar-refractivity contribution in [1.29, 1.82) is 5.26 Å². The molecule has 0 saturated heterocycles. The van der Waals surface area contributed by atoms with Crippen LogP contribution >= 0.6 is 46.4 Å². The van der Waals surface area contributed by atoms with Crippen molar-refractivity contribution in [2.24, 2.45) is 0 Å². The molecule has 0 bridgehead atoms. The number of fused-ring (bicyclic) bond motifs is 1. The van der Waals surface area contributed by atoms with Crippen LogP contribution in [-0.2, 0) is 6.54 Å². The molecule has 0 aliphatic carbocycles. The van der Waals surface area contributed by atoms with E-state index in [1.165, 1.54) is 0 Å². The molecule has 1 aromatic heterocycles. The number of rotatable bonds is 4. The van der Waals surface area contributed by atoms with Crippen molar-refractivity contribution in [3.63, 3.8) is 0 Å². The van der Waals surface area contributed by atoms with Gasteiger partial charge in [0.1, 0.15) is 0 Å². The van der Waals surface area contributed by atoms with Gasteiger partial charge in [0.2, 0.25) is 0 Å². The van der Waals surface area contributed by atoms with Gasteiger partial charge in [0, 0.05) is 29.2 Å². The lowest BCUT2D eigenvalue weighted by molar-refractivity contribution is 0.836. The lowest BCUT2D eigenvalue weighted by Crippen LogP contribution is -1.97. The smallest absolute Gasteiger partial charge is 0.0998 e. The molecule has 0 atom stereocenters. The number of aromatic nitrogens is 1. The first-order valence-corrected chi connectivity index (χ1v) is 10.6. The fourth-order valence-electron chi connectivity index (χ4n) is 3.36. The summed E-state index contributed by atoms with van der Waals surface area (Å²) in [6.07, 6.45) is 3.90. The Morgan fingerprint density at radius 1 is 0.867 bits per heavy atom. The number of halogens is 4. The predicted octanol–water partition coefficient (Wildman–Crippen LogP) is 8.37. The van der Waals surface area contributed by atoms with Crippen molar-refractivity contribution < 1.29 is 0 Å². The average molecular weight is 472 g/mol. The first kappa shape index (κ1) is 20.8. The van der Waals surface area contributed by atoms with Crippen molar-refractivity contribution in [3.05, 3.63) is 104 Å². The fraction of sp³-hybridized carbons (Fsp3) is 0.0417. The monoisotopic (exact) mass is 470 g/mol. The molecule has 30 heavy (non-hydrogen) atoms. The van der Waals surface area contributed by atoms with Gasteiger partial charge in [-0.15, -0.1) is 0 Å². The van der Waals surface area contributed by atoms with Gasteiger partial charge in [-0.3, -0.25) is 0 Å². The summed E-state index contributed by atoms with van der Waals surface area (Å²) in [5.41, 5.74) is 4.25. The van der Waals surface area contributed by atoms with Crippen LogP contribution in [0.3, 0.4) is 0 Å². The summed E-state index contributed by atoms with van der Waals surface area (Å²) in [6, 6.07) is 21.1. The molecule has 2 nitrogen and oxygen atoms in total. The maximum absolute atomic E-state index is 9.74. The molecule has 0 radical (unpaired) electrons. The van der Waals surface area contributed by atoms with E-state index in [4.69, 9.17) is 46.4 Å². The second kappa shape index (κ2) is 8.76. The first-order chi connectivity index (χ1) is 14.5. The van der Waals surface area contributed by atoms with Gasteiger partial charge in [0.15, 0.2) is 0 Å². The molecule has 1 heterocycles. The van der Waals surface area contributed by atoms with Crippen molar-refractivity contribution >= 4 is 69.0 Å². The third kappa shape index (κ3) is 4.21. The Morgan fingerprint density at radius 2 is 1.57 bits per heavy atom. The van der Waals surface area contributed by atoms with Gasteiger partial charge in [-0.1, -0.05) is 76.7 Å². The lowest BCUT2D eigenvalue weighted by Gasteiger charge is -2.06. The highest BCUT2D eigenvalue weighted by Crippen LogP contribution is 2.30. The summed E-state index contributed by atoms with van der Waals surface area (Å²) in [5.74, 6) is 0. The maximum Gasteiger partial charge on any atom is 0.0998 e. The minimum absolute atomic E-state index is 0.414. The fourth-order valence-corrected chi connectivity index (χ4v) is 3.97. The van der Waals surface area contributed by atoms with Gasteiger partial charge in [0.25, 0.3) is 0 Å². The molecule has 0 amide bonds. The van der Waals surface area contributed by atoms with Gasteiger partial charge in [-0.05, 0) is 47.5 Å².